The average Bonchev–Trinajstić information content (AvgIpc) is 2.33. The van der Waals surface area contributed by atoms with E-state index in [2.05, 4.69) is 13.8 Å². The van der Waals surface area contributed by atoms with E-state index in [9.17, 15) is 9.90 Å². The summed E-state index contributed by atoms with van der Waals surface area (Å²) >= 11 is -2.92. The molecule has 0 heterocycles. The Kier molecular flexibility index (Phi) is 10.2. The van der Waals surface area contributed by atoms with Crippen LogP contribution in [-0.4, -0.2) is 36.0 Å². The van der Waals surface area contributed by atoms with Crippen molar-refractivity contribution in [2.75, 3.05) is 0 Å². The van der Waals surface area contributed by atoms with Crippen LogP contribution in [0, 0.1) is 0 Å². The van der Waals surface area contributed by atoms with Crippen LogP contribution in [0.15, 0.2) is 0 Å². The Balaban J connectivity index is 4.78. The molecule has 3 nitrogen and oxygen atoms in total. The van der Waals surface area contributed by atoms with Crippen LogP contribution in [0.4, 0.5) is 0 Å². The summed E-state index contributed by atoms with van der Waals surface area (Å²) in [5, 5.41) is 9.97. The second-order valence-corrected chi connectivity index (χ2v) is 16.6. The SMILES string of the molecule is CCC[CH2][Sn]([CH2]CCC)([CH2]C(O)CC)[O]C(C)=O. The predicted octanol–water partition coefficient (Wildman–Crippen LogP) is 3.87. The molecule has 0 radical (unpaired) electrons. The molecule has 0 aromatic carbocycles. The number of aliphatic hydroxyl groups excluding tert-OH is 1. The zero-order valence-electron chi connectivity index (χ0n) is 12.5. The molecule has 0 aromatic heterocycles. The fourth-order valence-electron chi connectivity index (χ4n) is 2.35. The van der Waals surface area contributed by atoms with Crippen LogP contribution in [0.1, 0.15) is 59.8 Å². The molecule has 4 heteroatoms. The number of carbonyl (C=O) groups is 1. The topological polar surface area (TPSA) is 46.5 Å². The Hall–Kier alpha value is 0.229. The van der Waals surface area contributed by atoms with Gasteiger partial charge in [-0.2, -0.15) is 0 Å². The molecule has 0 aliphatic carbocycles. The number of carbonyl (C=O) groups excluding carboxylic acids is 1. The minimum absolute atomic E-state index is 0.138. The second-order valence-electron chi connectivity index (χ2n) is 5.25. The van der Waals surface area contributed by atoms with E-state index in [0.717, 1.165) is 45.4 Å². The molecule has 18 heavy (non-hydrogen) atoms. The zero-order chi connectivity index (χ0) is 14.0. The van der Waals surface area contributed by atoms with Gasteiger partial charge < -0.3 is 0 Å². The standard InChI is InChI=1S/C4H9O.2C4H9.C2H4O2.Sn/c1-3-4(2)5;2*1-3-4-2;1-2(3)4;/h4-5H,2-3H2,1H3;2*1,3-4H2,2H3;1H3,(H,3,4);/q;;;;+1/p-1. The molecule has 0 aliphatic rings. The molecule has 0 saturated heterocycles. The normalized spacial score (nSPS) is 13.4. The van der Waals surface area contributed by atoms with Crippen molar-refractivity contribution in [3.8, 4) is 0 Å². The van der Waals surface area contributed by atoms with Crippen LogP contribution >= 0.6 is 0 Å². The average molecular weight is 365 g/mol. The molecule has 1 atom stereocenters. The first-order chi connectivity index (χ1) is 8.49. The van der Waals surface area contributed by atoms with Crippen molar-refractivity contribution in [2.45, 2.75) is 79.2 Å². The molecule has 1 unspecified atom stereocenters. The van der Waals surface area contributed by atoms with Gasteiger partial charge in [0.25, 0.3) is 0 Å². The van der Waals surface area contributed by atoms with E-state index in [4.69, 9.17) is 3.07 Å². The summed E-state index contributed by atoms with van der Waals surface area (Å²) < 4.78 is 8.75. The van der Waals surface area contributed by atoms with E-state index in [0.29, 0.717) is 0 Å². The minimum atomic E-state index is -2.92. The molecular formula is C14H30O3Sn. The number of unbranched alkanes of at least 4 members (excludes halogenated alkanes) is 2. The van der Waals surface area contributed by atoms with Crippen LogP contribution < -0.4 is 0 Å². The number of rotatable bonds is 10. The third kappa shape index (κ3) is 7.62. The molecule has 1 N–H and O–H groups in total. The van der Waals surface area contributed by atoms with Crippen molar-refractivity contribution in [2.24, 2.45) is 0 Å². The number of hydrogen-bond donors (Lipinski definition) is 1. The van der Waals surface area contributed by atoms with Crippen LogP contribution in [0.5, 0.6) is 0 Å². The summed E-state index contributed by atoms with van der Waals surface area (Å²) in [6, 6.07) is 0. The summed E-state index contributed by atoms with van der Waals surface area (Å²) in [6.45, 7) is 7.84. The summed E-state index contributed by atoms with van der Waals surface area (Å²) in [7, 11) is 0. The van der Waals surface area contributed by atoms with E-state index in [1.54, 1.807) is 0 Å². The van der Waals surface area contributed by atoms with Gasteiger partial charge in [-0.05, 0) is 0 Å². The van der Waals surface area contributed by atoms with Gasteiger partial charge in [0.15, 0.2) is 0 Å². The Bertz CT molecular complexity index is 223. The predicted molar refractivity (Wildman–Crippen MR) is 78.1 cm³/mol. The second kappa shape index (κ2) is 10.1. The third-order valence-corrected chi connectivity index (χ3v) is 16.2. The van der Waals surface area contributed by atoms with Gasteiger partial charge in [-0.25, -0.2) is 0 Å². The molecule has 0 spiro atoms. The number of aliphatic hydroxyl groups is 1. The first-order valence-electron chi connectivity index (χ1n) is 7.37. The quantitative estimate of drug-likeness (QED) is 0.598. The van der Waals surface area contributed by atoms with Crippen molar-refractivity contribution in [3.05, 3.63) is 0 Å². The van der Waals surface area contributed by atoms with Gasteiger partial charge in [0.1, 0.15) is 0 Å². The van der Waals surface area contributed by atoms with Crippen LogP contribution in [0.3, 0.4) is 0 Å². The van der Waals surface area contributed by atoms with Gasteiger partial charge >= 0.3 is 117 Å². The van der Waals surface area contributed by atoms with Crippen LogP contribution in [0.25, 0.3) is 0 Å². The Morgan fingerprint density at radius 3 is 2.00 bits per heavy atom. The van der Waals surface area contributed by atoms with E-state index >= 15 is 0 Å². The van der Waals surface area contributed by atoms with Crippen molar-refractivity contribution >= 4 is 24.8 Å². The molecule has 0 amide bonds. The maximum absolute atomic E-state index is 11.4. The molecule has 0 rings (SSSR count). The summed E-state index contributed by atoms with van der Waals surface area (Å²) in [5.74, 6) is -0.138. The monoisotopic (exact) mass is 366 g/mol. The van der Waals surface area contributed by atoms with Crippen molar-refractivity contribution in [1.82, 2.24) is 0 Å². The van der Waals surface area contributed by atoms with E-state index < -0.39 is 18.8 Å². The Labute approximate surface area is 117 Å². The zero-order valence-corrected chi connectivity index (χ0v) is 15.4. The fraction of sp³-hybridized carbons (Fsp3) is 0.929. The molecule has 0 bridgehead atoms. The number of hydrogen-bond acceptors (Lipinski definition) is 3. The van der Waals surface area contributed by atoms with E-state index in [-0.39, 0.29) is 12.1 Å². The van der Waals surface area contributed by atoms with Crippen molar-refractivity contribution in [3.63, 3.8) is 0 Å². The van der Waals surface area contributed by atoms with Gasteiger partial charge in [0.2, 0.25) is 0 Å². The summed E-state index contributed by atoms with van der Waals surface area (Å²) in [6.07, 6.45) is 5.00. The van der Waals surface area contributed by atoms with Crippen LogP contribution in [0.2, 0.25) is 13.3 Å². The van der Waals surface area contributed by atoms with Gasteiger partial charge in [0, 0.05) is 0 Å². The van der Waals surface area contributed by atoms with Crippen LogP contribution in [-0.2, 0) is 7.87 Å². The van der Waals surface area contributed by atoms with Gasteiger partial charge in [-0.1, -0.05) is 0 Å². The molecule has 0 aliphatic heterocycles. The first kappa shape index (κ1) is 18.2. The van der Waals surface area contributed by atoms with Crippen molar-refractivity contribution < 1.29 is 13.0 Å². The van der Waals surface area contributed by atoms with E-state index in [1.165, 1.54) is 6.92 Å². The molecule has 108 valence electrons. The van der Waals surface area contributed by atoms with Gasteiger partial charge in [-0.15, -0.1) is 0 Å². The molecular weight excluding hydrogens is 335 g/mol. The summed E-state index contributed by atoms with van der Waals surface area (Å²) in [4.78, 5) is 11.4. The third-order valence-electron chi connectivity index (χ3n) is 3.41. The first-order valence-corrected chi connectivity index (χ1v) is 14.6. The van der Waals surface area contributed by atoms with Gasteiger partial charge in [-0.3, -0.25) is 0 Å². The fourth-order valence-corrected chi connectivity index (χ4v) is 15.8. The Morgan fingerprint density at radius 2 is 1.67 bits per heavy atom. The molecule has 0 aromatic rings. The van der Waals surface area contributed by atoms with E-state index in [1.807, 2.05) is 6.92 Å². The molecule has 0 saturated carbocycles. The van der Waals surface area contributed by atoms with Crippen molar-refractivity contribution in [1.29, 1.82) is 0 Å². The summed E-state index contributed by atoms with van der Waals surface area (Å²) in [5.41, 5.74) is 0. The maximum atomic E-state index is 11.4. The Morgan fingerprint density at radius 1 is 1.17 bits per heavy atom. The molecule has 0 fully saturated rings. The van der Waals surface area contributed by atoms with Gasteiger partial charge in [0.05, 0.1) is 0 Å².